The van der Waals surface area contributed by atoms with Gasteiger partial charge >= 0.3 is 6.09 Å². The van der Waals surface area contributed by atoms with Crippen molar-refractivity contribution in [2.75, 3.05) is 32.1 Å². The van der Waals surface area contributed by atoms with E-state index < -0.39 is 6.09 Å². The number of halogens is 1. The van der Waals surface area contributed by atoms with Gasteiger partial charge in [-0.05, 0) is 19.9 Å². The molecule has 0 radical (unpaired) electrons. The summed E-state index contributed by atoms with van der Waals surface area (Å²) in [5.41, 5.74) is 0. The molecule has 4 nitrogen and oxygen atoms in total. The van der Waals surface area contributed by atoms with Crippen molar-refractivity contribution in [2.45, 2.75) is 19.4 Å². The molecule has 1 N–H and O–H groups in total. The topological polar surface area (TPSA) is 43.8 Å². The Morgan fingerprint density at radius 2 is 2.29 bits per heavy atom. The van der Waals surface area contributed by atoms with Gasteiger partial charge in [0.15, 0.2) is 0 Å². The van der Waals surface area contributed by atoms with Crippen molar-refractivity contribution < 1.29 is 9.90 Å². The molecular weight excluding hydrogens is 204 g/mol. The van der Waals surface area contributed by atoms with Gasteiger partial charge in [0.1, 0.15) is 0 Å². The standard InChI is InChI=1S/C9H17ClN2O2/c1-8-7-12(9(13)14)6-5-11(8)4-2-3-10/h8H,2-7H2,1H3,(H,13,14)/t8-/m0/s1. The fourth-order valence-corrected chi connectivity index (χ4v) is 1.88. The Kier molecular flexibility index (Phi) is 4.48. The zero-order chi connectivity index (χ0) is 10.6. The molecule has 0 bridgehead atoms. The Bertz CT molecular complexity index is 201. The Balaban J connectivity index is 2.35. The van der Waals surface area contributed by atoms with Gasteiger partial charge in [0, 0.05) is 31.6 Å². The monoisotopic (exact) mass is 220 g/mol. The van der Waals surface area contributed by atoms with Crippen LogP contribution in [0.5, 0.6) is 0 Å². The molecule has 0 aliphatic carbocycles. The Morgan fingerprint density at radius 1 is 1.57 bits per heavy atom. The van der Waals surface area contributed by atoms with Crippen LogP contribution in [-0.4, -0.2) is 59.1 Å². The summed E-state index contributed by atoms with van der Waals surface area (Å²) in [6.07, 6.45) is 0.160. The van der Waals surface area contributed by atoms with E-state index in [4.69, 9.17) is 16.7 Å². The van der Waals surface area contributed by atoms with Gasteiger partial charge in [0.25, 0.3) is 0 Å². The molecule has 1 rings (SSSR count). The summed E-state index contributed by atoms with van der Waals surface area (Å²) in [7, 11) is 0. The Morgan fingerprint density at radius 3 is 2.79 bits per heavy atom. The third-order valence-electron chi connectivity index (χ3n) is 2.61. The molecule has 0 aromatic carbocycles. The van der Waals surface area contributed by atoms with Gasteiger partial charge < -0.3 is 10.0 Å². The first kappa shape index (κ1) is 11.6. The van der Waals surface area contributed by atoms with Crippen molar-refractivity contribution >= 4 is 17.7 Å². The highest BCUT2D eigenvalue weighted by atomic mass is 35.5. The zero-order valence-corrected chi connectivity index (χ0v) is 9.20. The highest BCUT2D eigenvalue weighted by Crippen LogP contribution is 2.10. The van der Waals surface area contributed by atoms with Gasteiger partial charge in [-0.3, -0.25) is 4.90 Å². The second-order valence-corrected chi connectivity index (χ2v) is 4.03. The maximum Gasteiger partial charge on any atom is 0.407 e. The SMILES string of the molecule is C[C@H]1CN(C(=O)O)CCN1CCCCl. The molecule has 1 amide bonds. The van der Waals surface area contributed by atoms with E-state index in [-0.39, 0.29) is 0 Å². The van der Waals surface area contributed by atoms with Crippen molar-refractivity contribution in [1.82, 2.24) is 9.80 Å². The number of nitrogens with zero attached hydrogens (tertiary/aromatic N) is 2. The van der Waals surface area contributed by atoms with Crippen LogP contribution in [0.25, 0.3) is 0 Å². The smallest absolute Gasteiger partial charge is 0.407 e. The minimum Gasteiger partial charge on any atom is -0.465 e. The van der Waals surface area contributed by atoms with E-state index in [2.05, 4.69) is 11.8 Å². The molecule has 1 atom stereocenters. The maximum atomic E-state index is 10.7. The van der Waals surface area contributed by atoms with Gasteiger partial charge in [-0.15, -0.1) is 11.6 Å². The molecule has 0 aromatic heterocycles. The molecule has 1 fully saturated rings. The van der Waals surface area contributed by atoms with Crippen LogP contribution in [0, 0.1) is 0 Å². The summed E-state index contributed by atoms with van der Waals surface area (Å²) >= 11 is 5.62. The minimum absolute atomic E-state index is 0.308. The molecule has 0 unspecified atom stereocenters. The fraction of sp³-hybridized carbons (Fsp3) is 0.889. The van der Waals surface area contributed by atoms with E-state index >= 15 is 0 Å². The predicted octanol–water partition coefficient (Wildman–Crippen LogP) is 1.30. The van der Waals surface area contributed by atoms with Gasteiger partial charge in [0.2, 0.25) is 0 Å². The van der Waals surface area contributed by atoms with Crippen LogP contribution >= 0.6 is 11.6 Å². The predicted molar refractivity (Wildman–Crippen MR) is 56.0 cm³/mol. The molecule has 0 aromatic rings. The summed E-state index contributed by atoms with van der Waals surface area (Å²) in [5.74, 6) is 0.672. The van der Waals surface area contributed by atoms with Crippen LogP contribution in [0.3, 0.4) is 0 Å². The van der Waals surface area contributed by atoms with Gasteiger partial charge in [0.05, 0.1) is 0 Å². The quantitative estimate of drug-likeness (QED) is 0.730. The number of hydrogen-bond donors (Lipinski definition) is 1. The van der Waals surface area contributed by atoms with E-state index in [0.717, 1.165) is 19.5 Å². The molecule has 1 aliphatic rings. The number of alkyl halides is 1. The molecule has 1 heterocycles. The molecule has 0 spiro atoms. The minimum atomic E-state index is -0.811. The Hall–Kier alpha value is -0.480. The number of carboxylic acid groups (broad SMARTS) is 1. The molecule has 5 heteroatoms. The lowest BCUT2D eigenvalue weighted by Gasteiger charge is -2.38. The van der Waals surface area contributed by atoms with Crippen LogP contribution in [0.2, 0.25) is 0 Å². The molecular formula is C9H17ClN2O2. The van der Waals surface area contributed by atoms with Crippen molar-refractivity contribution in [3.05, 3.63) is 0 Å². The number of amides is 1. The highest BCUT2D eigenvalue weighted by Gasteiger charge is 2.25. The molecule has 82 valence electrons. The van der Waals surface area contributed by atoms with Gasteiger partial charge in [-0.25, -0.2) is 4.79 Å². The van der Waals surface area contributed by atoms with E-state index in [1.54, 1.807) is 0 Å². The lowest BCUT2D eigenvalue weighted by molar-refractivity contribution is 0.0756. The lowest BCUT2D eigenvalue weighted by Crippen LogP contribution is -2.53. The summed E-state index contributed by atoms with van der Waals surface area (Å²) in [5, 5.41) is 8.80. The zero-order valence-electron chi connectivity index (χ0n) is 8.45. The summed E-state index contributed by atoms with van der Waals surface area (Å²) < 4.78 is 0. The largest absolute Gasteiger partial charge is 0.465 e. The van der Waals surface area contributed by atoms with Gasteiger partial charge in [-0.2, -0.15) is 0 Å². The Labute approximate surface area is 89.4 Å². The third-order valence-corrected chi connectivity index (χ3v) is 2.88. The van der Waals surface area contributed by atoms with E-state index in [1.165, 1.54) is 4.90 Å². The maximum absolute atomic E-state index is 10.7. The number of rotatable bonds is 3. The first-order valence-corrected chi connectivity index (χ1v) is 5.46. The average Bonchev–Trinajstić information content (AvgIpc) is 2.15. The van der Waals surface area contributed by atoms with Crippen LogP contribution in [0.4, 0.5) is 4.79 Å². The van der Waals surface area contributed by atoms with E-state index in [9.17, 15) is 4.79 Å². The first-order chi connectivity index (χ1) is 6.65. The van der Waals surface area contributed by atoms with Crippen molar-refractivity contribution in [3.63, 3.8) is 0 Å². The second-order valence-electron chi connectivity index (χ2n) is 3.66. The normalized spacial score (nSPS) is 23.9. The summed E-state index contributed by atoms with van der Waals surface area (Å²) in [6, 6.07) is 0.308. The molecule has 1 saturated heterocycles. The van der Waals surface area contributed by atoms with E-state index in [0.29, 0.717) is 25.0 Å². The van der Waals surface area contributed by atoms with Crippen LogP contribution in [-0.2, 0) is 0 Å². The van der Waals surface area contributed by atoms with Gasteiger partial charge in [-0.1, -0.05) is 0 Å². The lowest BCUT2D eigenvalue weighted by atomic mass is 10.2. The van der Waals surface area contributed by atoms with Crippen molar-refractivity contribution in [3.8, 4) is 0 Å². The molecule has 1 aliphatic heterocycles. The van der Waals surface area contributed by atoms with Crippen LogP contribution in [0.1, 0.15) is 13.3 Å². The second kappa shape index (κ2) is 5.41. The fourth-order valence-electron chi connectivity index (χ4n) is 1.76. The number of hydrogen-bond acceptors (Lipinski definition) is 2. The summed E-state index contributed by atoms with van der Waals surface area (Å²) in [6.45, 7) is 5.07. The first-order valence-electron chi connectivity index (χ1n) is 4.93. The number of carbonyl (C=O) groups is 1. The van der Waals surface area contributed by atoms with Crippen LogP contribution in [0.15, 0.2) is 0 Å². The molecule has 0 saturated carbocycles. The van der Waals surface area contributed by atoms with Crippen molar-refractivity contribution in [1.29, 1.82) is 0 Å². The molecule has 14 heavy (non-hydrogen) atoms. The van der Waals surface area contributed by atoms with E-state index in [1.807, 2.05) is 0 Å². The highest BCUT2D eigenvalue weighted by molar-refractivity contribution is 6.17. The van der Waals surface area contributed by atoms with Crippen LogP contribution < -0.4 is 0 Å². The van der Waals surface area contributed by atoms with Crippen molar-refractivity contribution in [2.24, 2.45) is 0 Å². The summed E-state index contributed by atoms with van der Waals surface area (Å²) in [4.78, 5) is 14.5. The third kappa shape index (κ3) is 3.03. The average molecular weight is 221 g/mol. The number of piperazine rings is 1.